The van der Waals surface area contributed by atoms with E-state index in [4.69, 9.17) is 9.72 Å². The van der Waals surface area contributed by atoms with Crippen molar-refractivity contribution in [2.75, 3.05) is 13.2 Å². The number of hydrogen-bond donors (Lipinski definition) is 1. The minimum Gasteiger partial charge on any atom is -0.494 e. The molecule has 1 N–H and O–H groups in total. The molecule has 0 radical (unpaired) electrons. The Labute approximate surface area is 111 Å². The summed E-state index contributed by atoms with van der Waals surface area (Å²) in [6.45, 7) is 6.11. The maximum absolute atomic E-state index is 5.53. The summed E-state index contributed by atoms with van der Waals surface area (Å²) in [6, 6.07) is 6.58. The molecule has 1 fully saturated rings. The lowest BCUT2D eigenvalue weighted by molar-refractivity contribution is 0.341. The number of benzene rings is 1. The third-order valence-electron chi connectivity index (χ3n) is 3.49. The molecule has 0 saturated carbocycles. The lowest BCUT2D eigenvalue weighted by Gasteiger charge is -2.11. The normalized spacial score (nSPS) is 23.7. The van der Waals surface area contributed by atoms with Crippen LogP contribution in [-0.2, 0) is 0 Å². The van der Waals surface area contributed by atoms with Crippen molar-refractivity contribution in [1.82, 2.24) is 10.3 Å². The first-order chi connectivity index (χ1) is 8.78. The lowest BCUT2D eigenvalue weighted by atomic mass is 10.0. The molecule has 18 heavy (non-hydrogen) atoms. The van der Waals surface area contributed by atoms with Crippen LogP contribution in [0.25, 0.3) is 10.2 Å². The van der Waals surface area contributed by atoms with Crippen molar-refractivity contribution in [3.63, 3.8) is 0 Å². The molecule has 0 amide bonds. The number of fused-ring (bicyclic) bond motifs is 1. The highest BCUT2D eigenvalue weighted by Gasteiger charge is 2.27. The van der Waals surface area contributed by atoms with Gasteiger partial charge in [0, 0.05) is 0 Å². The van der Waals surface area contributed by atoms with E-state index in [-0.39, 0.29) is 0 Å². The summed E-state index contributed by atoms with van der Waals surface area (Å²) in [5.41, 5.74) is 1.08. The fraction of sp³-hybridized carbons (Fsp3) is 0.500. The van der Waals surface area contributed by atoms with Crippen molar-refractivity contribution in [2.24, 2.45) is 5.92 Å². The van der Waals surface area contributed by atoms with E-state index < -0.39 is 0 Å². The highest BCUT2D eigenvalue weighted by atomic mass is 32.1. The van der Waals surface area contributed by atoms with Crippen molar-refractivity contribution >= 4 is 21.6 Å². The van der Waals surface area contributed by atoms with Crippen LogP contribution in [0, 0.1) is 5.92 Å². The van der Waals surface area contributed by atoms with E-state index in [2.05, 4.69) is 24.4 Å². The fourth-order valence-corrected chi connectivity index (χ4v) is 3.68. The smallest absolute Gasteiger partial charge is 0.120 e. The summed E-state index contributed by atoms with van der Waals surface area (Å²) in [7, 11) is 0. The third-order valence-corrected chi connectivity index (χ3v) is 4.59. The quantitative estimate of drug-likeness (QED) is 0.921. The van der Waals surface area contributed by atoms with Gasteiger partial charge in [-0.1, -0.05) is 6.92 Å². The van der Waals surface area contributed by atoms with Gasteiger partial charge in [0.05, 0.1) is 22.9 Å². The van der Waals surface area contributed by atoms with E-state index in [9.17, 15) is 0 Å². The molecular weight excluding hydrogens is 244 g/mol. The maximum atomic E-state index is 5.53. The van der Waals surface area contributed by atoms with E-state index in [1.807, 2.05) is 13.0 Å². The summed E-state index contributed by atoms with van der Waals surface area (Å²) in [5, 5.41) is 4.75. The Morgan fingerprint density at radius 2 is 2.39 bits per heavy atom. The second-order valence-corrected chi connectivity index (χ2v) is 5.87. The maximum Gasteiger partial charge on any atom is 0.120 e. The second-order valence-electron chi connectivity index (χ2n) is 4.81. The molecule has 0 aliphatic carbocycles. The molecule has 1 aliphatic rings. The fourth-order valence-electron chi connectivity index (χ4n) is 2.48. The lowest BCUT2D eigenvalue weighted by Crippen LogP contribution is -2.15. The van der Waals surface area contributed by atoms with Gasteiger partial charge in [-0.05, 0) is 44.0 Å². The summed E-state index contributed by atoms with van der Waals surface area (Å²) in [5.74, 6) is 1.62. The minimum atomic E-state index is 0.429. The van der Waals surface area contributed by atoms with Gasteiger partial charge in [0.25, 0.3) is 0 Å². The molecule has 0 bridgehead atoms. The van der Waals surface area contributed by atoms with E-state index in [1.165, 1.54) is 16.1 Å². The van der Waals surface area contributed by atoms with Crippen LogP contribution in [0.1, 0.15) is 31.3 Å². The predicted octanol–water partition coefficient (Wildman–Crippen LogP) is 3.37. The Morgan fingerprint density at radius 1 is 1.50 bits per heavy atom. The molecule has 2 atom stereocenters. The van der Waals surface area contributed by atoms with Crippen molar-refractivity contribution < 1.29 is 4.74 Å². The number of nitrogens with zero attached hydrogens (tertiary/aromatic N) is 1. The average Bonchev–Trinajstić information content (AvgIpc) is 2.94. The molecule has 2 unspecified atom stereocenters. The monoisotopic (exact) mass is 262 g/mol. The predicted molar refractivity (Wildman–Crippen MR) is 75.3 cm³/mol. The molecule has 2 heterocycles. The van der Waals surface area contributed by atoms with Gasteiger partial charge < -0.3 is 10.1 Å². The Hall–Kier alpha value is -1.13. The van der Waals surface area contributed by atoms with E-state index in [0.717, 1.165) is 17.8 Å². The summed E-state index contributed by atoms with van der Waals surface area (Å²) >= 11 is 1.78. The van der Waals surface area contributed by atoms with Gasteiger partial charge in [-0.15, -0.1) is 11.3 Å². The molecule has 0 spiro atoms. The van der Waals surface area contributed by atoms with Gasteiger partial charge in [-0.3, -0.25) is 0 Å². The molecule has 1 aromatic carbocycles. The molecule has 96 valence electrons. The van der Waals surface area contributed by atoms with Crippen LogP contribution in [-0.4, -0.2) is 18.1 Å². The van der Waals surface area contributed by atoms with Gasteiger partial charge in [0.2, 0.25) is 0 Å². The minimum absolute atomic E-state index is 0.429. The molecule has 4 heteroatoms. The van der Waals surface area contributed by atoms with Crippen LogP contribution in [0.2, 0.25) is 0 Å². The SMILES string of the molecule is CCOc1ccc2nc(C3NCCC3C)sc2c1. The van der Waals surface area contributed by atoms with E-state index in [1.54, 1.807) is 11.3 Å². The van der Waals surface area contributed by atoms with Gasteiger partial charge in [-0.25, -0.2) is 4.98 Å². The molecule has 3 rings (SSSR count). The highest BCUT2D eigenvalue weighted by Crippen LogP contribution is 2.35. The van der Waals surface area contributed by atoms with Crippen LogP contribution in [0.3, 0.4) is 0 Å². The molecule has 3 nitrogen and oxygen atoms in total. The first-order valence-electron chi connectivity index (χ1n) is 6.54. The van der Waals surface area contributed by atoms with Crippen LogP contribution >= 0.6 is 11.3 Å². The van der Waals surface area contributed by atoms with Gasteiger partial charge in [0.15, 0.2) is 0 Å². The number of ether oxygens (including phenoxy) is 1. The van der Waals surface area contributed by atoms with Crippen molar-refractivity contribution in [3.8, 4) is 5.75 Å². The number of nitrogens with one attached hydrogen (secondary N) is 1. The molecule has 2 aromatic rings. The summed E-state index contributed by atoms with van der Waals surface area (Å²) in [6.07, 6.45) is 1.24. The number of rotatable bonds is 3. The van der Waals surface area contributed by atoms with Gasteiger partial charge >= 0.3 is 0 Å². The van der Waals surface area contributed by atoms with Crippen LogP contribution in [0.15, 0.2) is 18.2 Å². The Bertz CT molecular complexity index is 552. The number of thiazole rings is 1. The largest absolute Gasteiger partial charge is 0.494 e. The highest BCUT2D eigenvalue weighted by molar-refractivity contribution is 7.18. The Balaban J connectivity index is 1.95. The van der Waals surface area contributed by atoms with Crippen LogP contribution in [0.5, 0.6) is 5.75 Å². The first-order valence-corrected chi connectivity index (χ1v) is 7.36. The van der Waals surface area contributed by atoms with Crippen LogP contribution in [0.4, 0.5) is 0 Å². The summed E-state index contributed by atoms with van der Waals surface area (Å²) in [4.78, 5) is 4.75. The van der Waals surface area contributed by atoms with E-state index in [0.29, 0.717) is 18.6 Å². The second kappa shape index (κ2) is 4.86. The van der Waals surface area contributed by atoms with Crippen molar-refractivity contribution in [2.45, 2.75) is 26.3 Å². The zero-order valence-electron chi connectivity index (χ0n) is 10.8. The first kappa shape index (κ1) is 11.9. The third kappa shape index (κ3) is 2.10. The molecule has 1 aromatic heterocycles. The number of hydrogen-bond acceptors (Lipinski definition) is 4. The molecule has 1 saturated heterocycles. The van der Waals surface area contributed by atoms with Crippen LogP contribution < -0.4 is 10.1 Å². The van der Waals surface area contributed by atoms with Gasteiger partial charge in [-0.2, -0.15) is 0 Å². The average molecular weight is 262 g/mol. The van der Waals surface area contributed by atoms with Crippen molar-refractivity contribution in [1.29, 1.82) is 0 Å². The Morgan fingerprint density at radius 3 is 3.11 bits per heavy atom. The van der Waals surface area contributed by atoms with Gasteiger partial charge in [0.1, 0.15) is 10.8 Å². The standard InChI is InChI=1S/C14H18N2OS/c1-3-17-10-4-5-11-12(8-10)18-14(16-11)13-9(2)6-7-15-13/h4-5,8-9,13,15H,3,6-7H2,1-2H3. The van der Waals surface area contributed by atoms with E-state index >= 15 is 0 Å². The summed E-state index contributed by atoms with van der Waals surface area (Å²) < 4.78 is 6.75. The van der Waals surface area contributed by atoms with Crippen molar-refractivity contribution in [3.05, 3.63) is 23.2 Å². The zero-order chi connectivity index (χ0) is 12.5. The zero-order valence-corrected chi connectivity index (χ0v) is 11.6. The molecular formula is C14H18N2OS. The molecule has 1 aliphatic heterocycles. The number of aromatic nitrogens is 1. The Kier molecular flexibility index (Phi) is 3.22. The topological polar surface area (TPSA) is 34.1 Å².